The fourth-order valence-electron chi connectivity index (χ4n) is 1.31. The molecule has 0 radical (unpaired) electrons. The molecular formula is C7H12N2O3. The minimum Gasteiger partial charge on any atom is -0.396 e. The third kappa shape index (κ3) is 1.21. The lowest BCUT2D eigenvalue weighted by Crippen LogP contribution is -2.47. The Labute approximate surface area is 70.1 Å². The maximum Gasteiger partial charge on any atom is 0.249 e. The number of aliphatic hydroxyl groups excluding tert-OH is 1. The van der Waals surface area contributed by atoms with E-state index in [9.17, 15) is 9.59 Å². The number of nitrogens with two attached hydrogens (primary N) is 1. The van der Waals surface area contributed by atoms with Gasteiger partial charge in [0, 0.05) is 13.7 Å². The summed E-state index contributed by atoms with van der Waals surface area (Å²) >= 11 is 0. The van der Waals surface area contributed by atoms with Gasteiger partial charge in [-0.3, -0.25) is 14.5 Å². The summed E-state index contributed by atoms with van der Waals surface area (Å²) in [6.45, 7) is -0.177. The van der Waals surface area contributed by atoms with Crippen LogP contribution in [0.25, 0.3) is 0 Å². The zero-order valence-corrected chi connectivity index (χ0v) is 6.91. The fourth-order valence-corrected chi connectivity index (χ4v) is 1.31. The summed E-state index contributed by atoms with van der Waals surface area (Å²) in [4.78, 5) is 23.3. The Morgan fingerprint density at radius 3 is 2.58 bits per heavy atom. The summed E-state index contributed by atoms with van der Waals surface area (Å²) in [6, 6.07) is 0. The van der Waals surface area contributed by atoms with Crippen molar-refractivity contribution in [1.29, 1.82) is 0 Å². The second-order valence-corrected chi connectivity index (χ2v) is 3.06. The number of likely N-dealkylation sites (N-methyl/N-ethyl adjacent to an activating group) is 1. The van der Waals surface area contributed by atoms with Crippen LogP contribution in [-0.4, -0.2) is 41.0 Å². The van der Waals surface area contributed by atoms with E-state index in [1.165, 1.54) is 7.05 Å². The van der Waals surface area contributed by atoms with Gasteiger partial charge in [0.2, 0.25) is 11.8 Å². The molecule has 1 heterocycles. The number of imide groups is 1. The van der Waals surface area contributed by atoms with E-state index >= 15 is 0 Å². The molecule has 68 valence electrons. The van der Waals surface area contributed by atoms with Crippen molar-refractivity contribution in [2.24, 2.45) is 5.73 Å². The number of hydrogen-bond donors (Lipinski definition) is 2. The fraction of sp³-hybridized carbons (Fsp3) is 0.714. The van der Waals surface area contributed by atoms with E-state index in [-0.39, 0.29) is 25.4 Å². The topological polar surface area (TPSA) is 83.6 Å². The van der Waals surface area contributed by atoms with E-state index in [0.717, 1.165) is 4.90 Å². The van der Waals surface area contributed by atoms with Crippen LogP contribution in [-0.2, 0) is 9.59 Å². The maximum atomic E-state index is 11.3. The lowest BCUT2D eigenvalue weighted by atomic mass is 9.95. The lowest BCUT2D eigenvalue weighted by Gasteiger charge is -2.18. The van der Waals surface area contributed by atoms with Crippen molar-refractivity contribution in [2.75, 3.05) is 13.7 Å². The standard InChI is InChI=1S/C7H12N2O3/c1-9-5(11)4-7(8,2-3-10)6(9)12/h10H,2-4,8H2,1H3. The molecule has 0 aromatic rings. The Kier molecular flexibility index (Phi) is 2.16. The maximum absolute atomic E-state index is 11.3. The summed E-state index contributed by atoms with van der Waals surface area (Å²) in [5.41, 5.74) is 4.46. The largest absolute Gasteiger partial charge is 0.396 e. The molecule has 2 amide bonds. The van der Waals surface area contributed by atoms with Gasteiger partial charge in [0.25, 0.3) is 0 Å². The molecule has 0 spiro atoms. The second-order valence-electron chi connectivity index (χ2n) is 3.06. The van der Waals surface area contributed by atoms with Crippen LogP contribution < -0.4 is 5.73 Å². The predicted molar refractivity (Wildman–Crippen MR) is 41.0 cm³/mol. The highest BCUT2D eigenvalue weighted by atomic mass is 16.3. The van der Waals surface area contributed by atoms with Crippen LogP contribution in [0.1, 0.15) is 12.8 Å². The average molecular weight is 172 g/mol. The molecule has 1 fully saturated rings. The van der Waals surface area contributed by atoms with Gasteiger partial charge in [-0.05, 0) is 6.42 Å². The van der Waals surface area contributed by atoms with E-state index in [2.05, 4.69) is 0 Å². The predicted octanol–water partition coefficient (Wildman–Crippen LogP) is -1.54. The SMILES string of the molecule is CN1C(=O)CC(N)(CCO)C1=O. The molecule has 3 N–H and O–H groups in total. The van der Waals surface area contributed by atoms with Crippen LogP contribution in [0.3, 0.4) is 0 Å². The molecule has 0 aromatic carbocycles. The van der Waals surface area contributed by atoms with E-state index in [1.807, 2.05) is 0 Å². The van der Waals surface area contributed by atoms with E-state index < -0.39 is 11.4 Å². The van der Waals surface area contributed by atoms with Gasteiger partial charge in [-0.1, -0.05) is 0 Å². The van der Waals surface area contributed by atoms with Crippen LogP contribution in [0.2, 0.25) is 0 Å². The zero-order chi connectivity index (χ0) is 9.35. The van der Waals surface area contributed by atoms with Crippen molar-refractivity contribution < 1.29 is 14.7 Å². The van der Waals surface area contributed by atoms with Gasteiger partial charge in [0.15, 0.2) is 0 Å². The first kappa shape index (κ1) is 9.15. The summed E-state index contributed by atoms with van der Waals surface area (Å²) in [5, 5.41) is 8.62. The van der Waals surface area contributed by atoms with Crippen molar-refractivity contribution in [3.05, 3.63) is 0 Å². The average Bonchev–Trinajstić information content (AvgIpc) is 2.17. The normalized spacial score (nSPS) is 30.1. The Morgan fingerprint density at radius 1 is 1.67 bits per heavy atom. The molecule has 12 heavy (non-hydrogen) atoms. The number of hydrogen-bond acceptors (Lipinski definition) is 4. The first-order chi connectivity index (χ1) is 5.51. The Bertz CT molecular complexity index is 229. The van der Waals surface area contributed by atoms with Gasteiger partial charge in [0.05, 0.1) is 6.42 Å². The van der Waals surface area contributed by atoms with Crippen molar-refractivity contribution in [3.63, 3.8) is 0 Å². The Morgan fingerprint density at radius 2 is 2.25 bits per heavy atom. The summed E-state index contributed by atoms with van der Waals surface area (Å²) in [7, 11) is 1.40. The number of amides is 2. The molecule has 1 saturated heterocycles. The highest BCUT2D eigenvalue weighted by Crippen LogP contribution is 2.23. The number of carbonyl (C=O) groups is 2. The first-order valence-corrected chi connectivity index (χ1v) is 3.72. The molecule has 1 unspecified atom stereocenters. The summed E-state index contributed by atoms with van der Waals surface area (Å²) < 4.78 is 0. The van der Waals surface area contributed by atoms with Gasteiger partial charge in [-0.2, -0.15) is 0 Å². The van der Waals surface area contributed by atoms with Crippen LogP contribution in [0.15, 0.2) is 0 Å². The van der Waals surface area contributed by atoms with E-state index in [4.69, 9.17) is 10.8 Å². The molecule has 1 aliphatic heterocycles. The van der Waals surface area contributed by atoms with Crippen LogP contribution in [0.5, 0.6) is 0 Å². The minimum absolute atomic E-state index is 0.00287. The molecular weight excluding hydrogens is 160 g/mol. The third-order valence-electron chi connectivity index (χ3n) is 2.13. The Hall–Kier alpha value is -0.940. The summed E-state index contributed by atoms with van der Waals surface area (Å²) in [5.74, 6) is -0.683. The molecule has 0 aliphatic carbocycles. The molecule has 0 aromatic heterocycles. The number of likely N-dealkylation sites (tertiary alicyclic amines) is 1. The molecule has 1 rings (SSSR count). The second kappa shape index (κ2) is 2.84. The van der Waals surface area contributed by atoms with Gasteiger partial charge in [-0.25, -0.2) is 0 Å². The van der Waals surface area contributed by atoms with Crippen molar-refractivity contribution in [3.8, 4) is 0 Å². The van der Waals surface area contributed by atoms with Gasteiger partial charge in [-0.15, -0.1) is 0 Å². The van der Waals surface area contributed by atoms with Gasteiger partial charge >= 0.3 is 0 Å². The number of aliphatic hydroxyl groups is 1. The zero-order valence-electron chi connectivity index (χ0n) is 6.91. The monoisotopic (exact) mass is 172 g/mol. The first-order valence-electron chi connectivity index (χ1n) is 3.72. The molecule has 5 nitrogen and oxygen atoms in total. The van der Waals surface area contributed by atoms with Crippen LogP contribution in [0, 0.1) is 0 Å². The molecule has 0 bridgehead atoms. The van der Waals surface area contributed by atoms with Gasteiger partial charge in [0.1, 0.15) is 5.54 Å². The number of carbonyl (C=O) groups excluding carboxylic acids is 2. The third-order valence-corrected chi connectivity index (χ3v) is 2.13. The smallest absolute Gasteiger partial charge is 0.249 e. The highest BCUT2D eigenvalue weighted by Gasteiger charge is 2.46. The van der Waals surface area contributed by atoms with Crippen molar-refractivity contribution in [1.82, 2.24) is 4.90 Å². The number of rotatable bonds is 2. The van der Waals surface area contributed by atoms with Crippen LogP contribution in [0.4, 0.5) is 0 Å². The molecule has 5 heteroatoms. The van der Waals surface area contributed by atoms with E-state index in [0.29, 0.717) is 0 Å². The number of nitrogens with zero attached hydrogens (tertiary/aromatic N) is 1. The molecule has 1 aliphatic rings. The molecule has 1 atom stereocenters. The summed E-state index contributed by atoms with van der Waals surface area (Å²) in [6.07, 6.45) is 0.144. The van der Waals surface area contributed by atoms with Crippen molar-refractivity contribution >= 4 is 11.8 Å². The Balaban J connectivity index is 2.82. The highest BCUT2D eigenvalue weighted by molar-refractivity contribution is 6.07. The van der Waals surface area contributed by atoms with Gasteiger partial charge < -0.3 is 10.8 Å². The molecule has 0 saturated carbocycles. The lowest BCUT2D eigenvalue weighted by molar-refractivity contribution is -0.138. The quantitative estimate of drug-likeness (QED) is 0.494. The van der Waals surface area contributed by atoms with Crippen molar-refractivity contribution in [2.45, 2.75) is 18.4 Å². The van der Waals surface area contributed by atoms with Crippen LogP contribution >= 0.6 is 0 Å². The minimum atomic E-state index is -1.17. The van der Waals surface area contributed by atoms with E-state index in [1.54, 1.807) is 0 Å².